The Morgan fingerprint density at radius 3 is 2.83 bits per heavy atom. The van der Waals surface area contributed by atoms with Gasteiger partial charge in [-0.15, -0.1) is 0 Å². The van der Waals surface area contributed by atoms with Crippen molar-refractivity contribution >= 4 is 22.6 Å². The molecule has 0 spiro atoms. The second kappa shape index (κ2) is 6.05. The molecule has 1 aliphatic rings. The summed E-state index contributed by atoms with van der Waals surface area (Å²) in [6, 6.07) is 6.49. The molecule has 0 fully saturated rings. The molecule has 1 aromatic rings. The molecule has 1 heterocycles. The minimum Gasteiger partial charge on any atom is -0.261 e. The fraction of sp³-hybridized carbons (Fsp3) is 0.429. The number of hydrogen-bond donors (Lipinski definition) is 1. The lowest BCUT2D eigenvalue weighted by molar-refractivity contribution is 0.915. The van der Waals surface area contributed by atoms with Gasteiger partial charge in [0.05, 0.1) is 5.71 Å². The maximum Gasteiger partial charge on any atom is 0.177 e. The first-order valence-corrected chi connectivity index (χ1v) is 7.26. The van der Waals surface area contributed by atoms with E-state index in [0.29, 0.717) is 0 Å². The number of aryl methyl sites for hydroxylation is 2. The van der Waals surface area contributed by atoms with Crippen LogP contribution in [0.1, 0.15) is 30.0 Å². The smallest absolute Gasteiger partial charge is 0.177 e. The van der Waals surface area contributed by atoms with Gasteiger partial charge in [-0.1, -0.05) is 42.4 Å². The monoisotopic (exact) mass is 261 g/mol. The molecule has 96 valence electrons. The van der Waals surface area contributed by atoms with Crippen molar-refractivity contribution in [1.29, 1.82) is 0 Å². The van der Waals surface area contributed by atoms with E-state index in [1.54, 1.807) is 11.8 Å². The van der Waals surface area contributed by atoms with Crippen LogP contribution in [0.25, 0.3) is 0 Å². The lowest BCUT2D eigenvalue weighted by atomic mass is 10.0. The van der Waals surface area contributed by atoms with Gasteiger partial charge in [0.25, 0.3) is 0 Å². The van der Waals surface area contributed by atoms with Gasteiger partial charge in [0, 0.05) is 17.9 Å². The van der Waals surface area contributed by atoms with Crippen molar-refractivity contribution in [2.75, 3.05) is 12.3 Å². The van der Waals surface area contributed by atoms with Crippen molar-refractivity contribution in [3.8, 4) is 0 Å². The van der Waals surface area contributed by atoms with E-state index in [0.717, 1.165) is 29.6 Å². The molecule has 0 amide bonds. The van der Waals surface area contributed by atoms with E-state index in [1.807, 2.05) is 0 Å². The topological polar surface area (TPSA) is 36.8 Å². The molecule has 0 bridgehead atoms. The highest BCUT2D eigenvalue weighted by atomic mass is 32.2. The third kappa shape index (κ3) is 3.13. The van der Waals surface area contributed by atoms with Gasteiger partial charge in [-0.05, 0) is 25.8 Å². The van der Waals surface area contributed by atoms with Gasteiger partial charge in [0.1, 0.15) is 0 Å². The first-order valence-electron chi connectivity index (χ1n) is 6.28. The zero-order valence-electron chi connectivity index (χ0n) is 11.2. The summed E-state index contributed by atoms with van der Waals surface area (Å²) in [4.78, 5) is 4.43. The summed E-state index contributed by atoms with van der Waals surface area (Å²) in [5, 5.41) is 5.38. The molecule has 18 heavy (non-hydrogen) atoms. The standard InChI is InChI=1S/C14H19N3S/c1-4-7-15-14-17-16-13(9-18-14)12-6-5-10(2)8-11(12)3/h5-6,8H,4,7,9H2,1-3H3,(H,15,17). The summed E-state index contributed by atoms with van der Waals surface area (Å²) in [5.74, 6) is 0.888. The Morgan fingerprint density at radius 2 is 2.22 bits per heavy atom. The van der Waals surface area contributed by atoms with Crippen LogP contribution in [0, 0.1) is 13.8 Å². The molecular weight excluding hydrogens is 242 g/mol. The summed E-state index contributed by atoms with van der Waals surface area (Å²) in [6.45, 7) is 7.24. The molecule has 1 N–H and O–H groups in total. The van der Waals surface area contributed by atoms with Crippen LogP contribution in [0.15, 0.2) is 28.3 Å². The molecule has 1 aromatic carbocycles. The van der Waals surface area contributed by atoms with Gasteiger partial charge in [0.15, 0.2) is 5.17 Å². The molecule has 2 rings (SSSR count). The molecular formula is C14H19N3S. The minimum absolute atomic E-state index is 0.865. The number of thioether (sulfide) groups is 1. The average molecular weight is 261 g/mol. The SMILES string of the molecule is CCCN=C1NN=C(c2ccc(C)cc2C)CS1. The molecule has 0 atom stereocenters. The molecule has 0 saturated carbocycles. The Bertz CT molecular complexity index is 492. The van der Waals surface area contributed by atoms with Crippen LogP contribution < -0.4 is 5.43 Å². The molecule has 0 saturated heterocycles. The first kappa shape index (κ1) is 13.1. The number of rotatable bonds is 3. The largest absolute Gasteiger partial charge is 0.261 e. The van der Waals surface area contributed by atoms with Gasteiger partial charge in [-0.25, -0.2) is 0 Å². The second-order valence-corrected chi connectivity index (χ2v) is 5.43. The number of amidine groups is 1. The fourth-order valence-corrected chi connectivity index (χ4v) is 2.67. The molecule has 1 aliphatic heterocycles. The van der Waals surface area contributed by atoms with E-state index in [-0.39, 0.29) is 0 Å². The third-order valence-electron chi connectivity index (χ3n) is 2.80. The van der Waals surface area contributed by atoms with Crippen molar-refractivity contribution in [1.82, 2.24) is 5.43 Å². The van der Waals surface area contributed by atoms with Crippen LogP contribution in [0.5, 0.6) is 0 Å². The van der Waals surface area contributed by atoms with Crippen LogP contribution in [-0.2, 0) is 0 Å². The zero-order valence-corrected chi connectivity index (χ0v) is 12.0. The minimum atomic E-state index is 0.865. The van der Waals surface area contributed by atoms with E-state index in [4.69, 9.17) is 0 Å². The number of hydrogen-bond acceptors (Lipinski definition) is 3. The first-order chi connectivity index (χ1) is 8.70. The predicted octanol–water partition coefficient (Wildman–Crippen LogP) is 3.11. The average Bonchev–Trinajstić information content (AvgIpc) is 2.37. The highest BCUT2D eigenvalue weighted by Gasteiger charge is 2.14. The predicted molar refractivity (Wildman–Crippen MR) is 80.6 cm³/mol. The zero-order chi connectivity index (χ0) is 13.0. The number of hydrazone groups is 1. The number of nitrogens with zero attached hydrogens (tertiary/aromatic N) is 2. The quantitative estimate of drug-likeness (QED) is 0.907. The maximum atomic E-state index is 4.44. The van der Waals surface area contributed by atoms with Crippen LogP contribution in [0.2, 0.25) is 0 Å². The Morgan fingerprint density at radius 1 is 1.39 bits per heavy atom. The van der Waals surface area contributed by atoms with Crippen molar-refractivity contribution < 1.29 is 0 Å². The summed E-state index contributed by atoms with van der Waals surface area (Å²) >= 11 is 1.73. The Balaban J connectivity index is 2.14. The molecule has 0 aliphatic carbocycles. The van der Waals surface area contributed by atoms with E-state index < -0.39 is 0 Å². The summed E-state index contributed by atoms with van der Waals surface area (Å²) in [6.07, 6.45) is 1.07. The molecule has 4 heteroatoms. The van der Waals surface area contributed by atoms with Crippen LogP contribution in [0.4, 0.5) is 0 Å². The Labute approximate surface area is 113 Å². The normalized spacial score (nSPS) is 17.5. The van der Waals surface area contributed by atoms with E-state index in [9.17, 15) is 0 Å². The molecule has 3 nitrogen and oxygen atoms in total. The van der Waals surface area contributed by atoms with Gasteiger partial charge in [-0.3, -0.25) is 10.4 Å². The van der Waals surface area contributed by atoms with Crippen LogP contribution in [0.3, 0.4) is 0 Å². The van der Waals surface area contributed by atoms with Crippen LogP contribution >= 0.6 is 11.8 Å². The van der Waals surface area contributed by atoms with E-state index in [1.165, 1.54) is 16.7 Å². The van der Waals surface area contributed by atoms with Crippen LogP contribution in [-0.4, -0.2) is 23.2 Å². The van der Waals surface area contributed by atoms with Gasteiger partial charge < -0.3 is 0 Å². The lowest BCUT2D eigenvalue weighted by Crippen LogP contribution is -2.26. The van der Waals surface area contributed by atoms with E-state index >= 15 is 0 Å². The van der Waals surface area contributed by atoms with Gasteiger partial charge in [-0.2, -0.15) is 5.10 Å². The van der Waals surface area contributed by atoms with Crippen molar-refractivity contribution in [3.63, 3.8) is 0 Å². The third-order valence-corrected chi connectivity index (χ3v) is 3.72. The van der Waals surface area contributed by atoms with E-state index in [2.05, 4.69) is 54.5 Å². The molecule has 0 radical (unpaired) electrons. The highest BCUT2D eigenvalue weighted by molar-refractivity contribution is 8.14. The Hall–Kier alpha value is -1.29. The molecule has 0 aromatic heterocycles. The van der Waals surface area contributed by atoms with Crippen molar-refractivity contribution in [3.05, 3.63) is 34.9 Å². The number of benzene rings is 1. The number of nitrogens with one attached hydrogen (secondary N) is 1. The van der Waals surface area contributed by atoms with Crippen molar-refractivity contribution in [2.45, 2.75) is 27.2 Å². The number of aliphatic imine (C=N–C) groups is 1. The lowest BCUT2D eigenvalue weighted by Gasteiger charge is -2.16. The Kier molecular flexibility index (Phi) is 4.42. The summed E-state index contributed by atoms with van der Waals surface area (Å²) in [7, 11) is 0. The van der Waals surface area contributed by atoms with Gasteiger partial charge in [0.2, 0.25) is 0 Å². The summed E-state index contributed by atoms with van der Waals surface area (Å²) < 4.78 is 0. The van der Waals surface area contributed by atoms with Gasteiger partial charge >= 0.3 is 0 Å². The molecule has 0 unspecified atom stereocenters. The maximum absolute atomic E-state index is 4.44. The highest BCUT2D eigenvalue weighted by Crippen LogP contribution is 2.17. The second-order valence-electron chi connectivity index (χ2n) is 4.46. The fourth-order valence-electron chi connectivity index (χ4n) is 1.89. The van der Waals surface area contributed by atoms with Crippen molar-refractivity contribution in [2.24, 2.45) is 10.1 Å². The summed E-state index contributed by atoms with van der Waals surface area (Å²) in [5.41, 5.74) is 7.95.